The lowest BCUT2D eigenvalue weighted by molar-refractivity contribution is -0.384. The number of nitrogens with one attached hydrogen (secondary N) is 1. The van der Waals surface area contributed by atoms with Gasteiger partial charge in [0.05, 0.1) is 22.4 Å². The zero-order valence-corrected chi connectivity index (χ0v) is 15.0. The molecule has 2 heterocycles. The quantitative estimate of drug-likeness (QED) is 0.549. The Morgan fingerprint density at radius 3 is 2.64 bits per heavy atom. The molecule has 1 aromatic heterocycles. The van der Waals surface area contributed by atoms with E-state index in [1.54, 1.807) is 18.2 Å². The second-order valence-electron chi connectivity index (χ2n) is 6.68. The van der Waals surface area contributed by atoms with Crippen LogP contribution in [0.2, 0.25) is 0 Å². The number of halogens is 1. The molecule has 3 aromatic rings. The Labute approximate surface area is 159 Å². The van der Waals surface area contributed by atoms with E-state index in [4.69, 9.17) is 0 Å². The first-order chi connectivity index (χ1) is 13.5. The lowest BCUT2D eigenvalue weighted by Crippen LogP contribution is -2.46. The molecule has 0 atom stereocenters. The summed E-state index contributed by atoms with van der Waals surface area (Å²) in [6, 6.07) is 10.7. The van der Waals surface area contributed by atoms with Crippen LogP contribution in [0.25, 0.3) is 10.9 Å². The van der Waals surface area contributed by atoms with Crippen molar-refractivity contribution in [2.75, 3.05) is 31.1 Å². The molecule has 28 heavy (non-hydrogen) atoms. The average molecular weight is 383 g/mol. The molecule has 1 aliphatic heterocycles. The highest BCUT2D eigenvalue weighted by Gasteiger charge is 2.24. The van der Waals surface area contributed by atoms with Gasteiger partial charge in [0.25, 0.3) is 11.2 Å². The molecular weight excluding hydrogens is 365 g/mol. The Kier molecular flexibility index (Phi) is 4.74. The van der Waals surface area contributed by atoms with Crippen LogP contribution in [0.3, 0.4) is 0 Å². The van der Waals surface area contributed by atoms with Gasteiger partial charge in [-0.1, -0.05) is 12.1 Å². The van der Waals surface area contributed by atoms with Gasteiger partial charge in [-0.2, -0.15) is 0 Å². The van der Waals surface area contributed by atoms with Crippen LogP contribution in [0, 0.1) is 15.9 Å². The maximum atomic E-state index is 13.6. The number of nitro groups is 1. The van der Waals surface area contributed by atoms with Gasteiger partial charge < -0.3 is 9.88 Å². The van der Waals surface area contributed by atoms with Gasteiger partial charge in [0.15, 0.2) is 0 Å². The molecule has 0 bridgehead atoms. The van der Waals surface area contributed by atoms with Crippen molar-refractivity contribution in [2.24, 2.45) is 0 Å². The van der Waals surface area contributed by atoms with Gasteiger partial charge in [-0.25, -0.2) is 9.37 Å². The van der Waals surface area contributed by atoms with Crippen LogP contribution < -0.4 is 10.5 Å². The van der Waals surface area contributed by atoms with E-state index in [-0.39, 0.29) is 11.2 Å². The fraction of sp³-hybridized carbons (Fsp3) is 0.263. The second-order valence-corrected chi connectivity index (χ2v) is 6.68. The number of para-hydroxylation sites is 1. The molecule has 144 valence electrons. The fourth-order valence-electron chi connectivity index (χ4n) is 3.47. The molecule has 0 unspecified atom stereocenters. The van der Waals surface area contributed by atoms with Crippen molar-refractivity contribution < 1.29 is 9.31 Å². The molecule has 0 radical (unpaired) electrons. The summed E-state index contributed by atoms with van der Waals surface area (Å²) in [5.74, 6) is 0.0786. The number of fused-ring (bicyclic) bond motifs is 1. The number of nitro benzene ring substituents is 1. The maximum absolute atomic E-state index is 13.6. The van der Waals surface area contributed by atoms with E-state index >= 15 is 0 Å². The first kappa shape index (κ1) is 18.1. The smallest absolute Gasteiger partial charge is 0.292 e. The number of hydrogen-bond acceptors (Lipinski definition) is 6. The number of nitrogens with zero attached hydrogens (tertiary/aromatic N) is 4. The van der Waals surface area contributed by atoms with Crippen LogP contribution in [0.4, 0.5) is 15.8 Å². The van der Waals surface area contributed by atoms with Gasteiger partial charge in [-0.3, -0.25) is 19.8 Å². The zero-order chi connectivity index (χ0) is 19.7. The highest BCUT2D eigenvalue weighted by molar-refractivity contribution is 5.77. The number of benzene rings is 2. The van der Waals surface area contributed by atoms with Gasteiger partial charge in [0.2, 0.25) is 0 Å². The van der Waals surface area contributed by atoms with E-state index in [2.05, 4.69) is 14.9 Å². The minimum atomic E-state index is -0.499. The van der Waals surface area contributed by atoms with Gasteiger partial charge in [0, 0.05) is 38.3 Å². The van der Waals surface area contributed by atoms with E-state index in [1.807, 2.05) is 11.0 Å². The van der Waals surface area contributed by atoms with Gasteiger partial charge in [-0.05, 0) is 18.2 Å². The summed E-state index contributed by atoms with van der Waals surface area (Å²) in [4.78, 5) is 34.2. The minimum absolute atomic E-state index is 0.102. The molecule has 2 aromatic carbocycles. The van der Waals surface area contributed by atoms with E-state index in [1.165, 1.54) is 12.1 Å². The Morgan fingerprint density at radius 2 is 1.89 bits per heavy atom. The predicted molar refractivity (Wildman–Crippen MR) is 103 cm³/mol. The highest BCUT2D eigenvalue weighted by Crippen LogP contribution is 2.29. The molecular formula is C19H18FN5O3. The van der Waals surface area contributed by atoms with Crippen molar-refractivity contribution >= 4 is 22.3 Å². The average Bonchev–Trinajstić information content (AvgIpc) is 2.68. The van der Waals surface area contributed by atoms with Crippen LogP contribution in [0.15, 0.2) is 47.3 Å². The molecule has 0 saturated carbocycles. The Morgan fingerprint density at radius 1 is 1.14 bits per heavy atom. The largest absolute Gasteiger partial charge is 0.363 e. The summed E-state index contributed by atoms with van der Waals surface area (Å²) in [5.41, 5.74) is 0.669. The first-order valence-electron chi connectivity index (χ1n) is 8.90. The third-order valence-corrected chi connectivity index (χ3v) is 4.88. The number of piperazine rings is 1. The Bertz CT molecular complexity index is 1090. The predicted octanol–water partition coefficient (Wildman–Crippen LogP) is 2.29. The van der Waals surface area contributed by atoms with E-state index in [9.17, 15) is 19.3 Å². The summed E-state index contributed by atoms with van der Waals surface area (Å²) >= 11 is 0. The van der Waals surface area contributed by atoms with Crippen molar-refractivity contribution in [2.45, 2.75) is 6.54 Å². The van der Waals surface area contributed by atoms with Gasteiger partial charge in [-0.15, -0.1) is 0 Å². The number of rotatable bonds is 4. The van der Waals surface area contributed by atoms with Crippen LogP contribution in [-0.4, -0.2) is 46.0 Å². The summed E-state index contributed by atoms with van der Waals surface area (Å²) in [7, 11) is 0. The third-order valence-electron chi connectivity index (χ3n) is 4.88. The lowest BCUT2D eigenvalue weighted by Gasteiger charge is -2.35. The third kappa shape index (κ3) is 3.56. The molecule has 1 aliphatic rings. The van der Waals surface area contributed by atoms with Gasteiger partial charge >= 0.3 is 0 Å². The standard InChI is InChI=1S/C19H18FN5O3/c20-13-5-6-16(25(27)28)17(11-13)24-9-7-23(8-10-24)12-18-21-15-4-2-1-3-14(15)19(26)22-18/h1-6,11H,7-10,12H2,(H,21,22,26). The second kappa shape index (κ2) is 7.35. The van der Waals surface area contributed by atoms with Gasteiger partial charge in [0.1, 0.15) is 17.3 Å². The van der Waals surface area contributed by atoms with Crippen molar-refractivity contribution in [1.82, 2.24) is 14.9 Å². The van der Waals surface area contributed by atoms with Crippen LogP contribution in [-0.2, 0) is 6.54 Å². The van der Waals surface area contributed by atoms with Crippen LogP contribution >= 0.6 is 0 Å². The van der Waals surface area contributed by atoms with Crippen LogP contribution in [0.1, 0.15) is 5.82 Å². The van der Waals surface area contributed by atoms with Crippen molar-refractivity contribution in [1.29, 1.82) is 0 Å². The molecule has 1 N–H and O–H groups in total. The van der Waals surface area contributed by atoms with E-state index in [0.29, 0.717) is 55.1 Å². The molecule has 1 saturated heterocycles. The fourth-order valence-corrected chi connectivity index (χ4v) is 3.47. The molecule has 0 amide bonds. The van der Waals surface area contributed by atoms with Crippen molar-refractivity contribution in [3.63, 3.8) is 0 Å². The number of hydrogen-bond donors (Lipinski definition) is 1. The van der Waals surface area contributed by atoms with E-state index < -0.39 is 10.7 Å². The van der Waals surface area contributed by atoms with E-state index in [0.717, 1.165) is 6.07 Å². The number of anilines is 1. The molecule has 8 nitrogen and oxygen atoms in total. The van der Waals surface area contributed by atoms with Crippen LogP contribution in [0.5, 0.6) is 0 Å². The van der Waals surface area contributed by atoms with Crippen molar-refractivity contribution in [3.05, 3.63) is 74.6 Å². The number of aromatic amines is 1. The van der Waals surface area contributed by atoms with Crippen molar-refractivity contribution in [3.8, 4) is 0 Å². The highest BCUT2D eigenvalue weighted by atomic mass is 19.1. The summed E-state index contributed by atoms with van der Waals surface area (Å²) in [5, 5.41) is 11.8. The summed E-state index contributed by atoms with van der Waals surface area (Å²) in [6.45, 7) is 2.73. The number of aromatic nitrogens is 2. The maximum Gasteiger partial charge on any atom is 0.292 e. The Balaban J connectivity index is 1.47. The normalized spacial score (nSPS) is 15.1. The first-order valence-corrected chi connectivity index (χ1v) is 8.90. The lowest BCUT2D eigenvalue weighted by atomic mass is 10.2. The molecule has 0 spiro atoms. The SMILES string of the molecule is O=c1[nH]c(CN2CCN(c3cc(F)ccc3[N+](=O)[O-])CC2)nc2ccccc12. The number of H-pyrrole nitrogens is 1. The summed E-state index contributed by atoms with van der Waals surface area (Å²) in [6.07, 6.45) is 0. The molecule has 1 fully saturated rings. The molecule has 0 aliphatic carbocycles. The minimum Gasteiger partial charge on any atom is -0.363 e. The topological polar surface area (TPSA) is 95.4 Å². The summed E-state index contributed by atoms with van der Waals surface area (Å²) < 4.78 is 13.6. The molecule has 4 rings (SSSR count). The molecule has 9 heteroatoms. The monoisotopic (exact) mass is 383 g/mol. The zero-order valence-electron chi connectivity index (χ0n) is 15.0. The Hall–Kier alpha value is -3.33.